The van der Waals surface area contributed by atoms with Gasteiger partial charge in [-0.15, -0.1) is 10.2 Å². The van der Waals surface area contributed by atoms with E-state index in [2.05, 4.69) is 15.5 Å². The third-order valence-electron chi connectivity index (χ3n) is 2.31. The van der Waals surface area contributed by atoms with E-state index in [1.54, 1.807) is 25.1 Å². The number of aryl methyl sites for hydroxylation is 2. The van der Waals surface area contributed by atoms with E-state index in [1.807, 2.05) is 6.92 Å². The number of nitrogens with zero attached hydrogens (tertiary/aromatic N) is 2. The molecule has 0 aliphatic heterocycles. The fraction of sp³-hybridized carbons (Fsp3) is 0.250. The predicted octanol–water partition coefficient (Wildman–Crippen LogP) is 2.59. The van der Waals surface area contributed by atoms with Gasteiger partial charge in [0.25, 0.3) is 0 Å². The monoisotopic (exact) mass is 295 g/mol. The Kier molecular flexibility index (Phi) is 4.39. The first-order valence-corrected chi connectivity index (χ1v) is 7.37. The normalized spacial score (nSPS) is 10.4. The van der Waals surface area contributed by atoms with Gasteiger partial charge in [0.05, 0.1) is 5.75 Å². The summed E-state index contributed by atoms with van der Waals surface area (Å²) in [4.78, 5) is 11.8. The maximum atomic E-state index is 11.8. The molecule has 0 saturated heterocycles. The minimum atomic E-state index is -0.108. The minimum Gasteiger partial charge on any atom is -0.508 e. The number of carbonyl (C=O) groups is 1. The van der Waals surface area contributed by atoms with Crippen LogP contribution in [0.5, 0.6) is 5.75 Å². The van der Waals surface area contributed by atoms with Crippen LogP contribution in [0.3, 0.4) is 0 Å². The molecule has 7 heteroatoms. The molecule has 1 heterocycles. The van der Waals surface area contributed by atoms with Crippen molar-refractivity contribution >= 4 is 34.7 Å². The number of carbonyl (C=O) groups excluding carboxylic acids is 1. The first-order valence-electron chi connectivity index (χ1n) is 5.57. The Bertz CT molecular complexity index is 598. The van der Waals surface area contributed by atoms with Crippen LogP contribution in [0.4, 0.5) is 5.69 Å². The van der Waals surface area contributed by atoms with Gasteiger partial charge in [0.2, 0.25) is 5.91 Å². The summed E-state index contributed by atoms with van der Waals surface area (Å²) in [5.41, 5.74) is 1.40. The van der Waals surface area contributed by atoms with Crippen LogP contribution in [0, 0.1) is 13.8 Å². The highest BCUT2D eigenvalue weighted by atomic mass is 32.2. The summed E-state index contributed by atoms with van der Waals surface area (Å²) in [5.74, 6) is 0.397. The summed E-state index contributed by atoms with van der Waals surface area (Å²) in [6, 6.07) is 4.96. The van der Waals surface area contributed by atoms with Crippen LogP contribution in [0.1, 0.15) is 10.6 Å². The number of hydrogen-bond acceptors (Lipinski definition) is 6. The van der Waals surface area contributed by atoms with Crippen LogP contribution in [0.2, 0.25) is 0 Å². The molecule has 19 heavy (non-hydrogen) atoms. The molecule has 1 amide bonds. The number of benzene rings is 1. The van der Waals surface area contributed by atoms with Gasteiger partial charge < -0.3 is 10.4 Å². The summed E-state index contributed by atoms with van der Waals surface area (Å²) in [6.45, 7) is 3.66. The standard InChI is InChI=1S/C12H13N3O2S2/c1-7-5-9(3-4-10(7)16)13-11(17)6-18-12-15-14-8(2)19-12/h3-5,16H,6H2,1-2H3,(H,13,17). The van der Waals surface area contributed by atoms with Gasteiger partial charge in [0, 0.05) is 5.69 Å². The second-order valence-electron chi connectivity index (χ2n) is 3.93. The zero-order valence-electron chi connectivity index (χ0n) is 10.5. The van der Waals surface area contributed by atoms with E-state index in [0.717, 1.165) is 14.9 Å². The fourth-order valence-electron chi connectivity index (χ4n) is 1.39. The maximum absolute atomic E-state index is 11.8. The number of anilines is 1. The van der Waals surface area contributed by atoms with E-state index in [0.29, 0.717) is 5.69 Å². The fourth-order valence-corrected chi connectivity index (χ4v) is 3.01. The van der Waals surface area contributed by atoms with Crippen molar-refractivity contribution in [2.75, 3.05) is 11.1 Å². The van der Waals surface area contributed by atoms with Gasteiger partial charge in [-0.2, -0.15) is 0 Å². The van der Waals surface area contributed by atoms with Crippen molar-refractivity contribution in [1.29, 1.82) is 0 Å². The smallest absolute Gasteiger partial charge is 0.234 e. The number of phenols is 1. The topological polar surface area (TPSA) is 75.1 Å². The van der Waals surface area contributed by atoms with E-state index in [-0.39, 0.29) is 17.4 Å². The average Bonchev–Trinajstić information content (AvgIpc) is 2.77. The third-order valence-corrected chi connectivity index (χ3v) is 4.29. The van der Waals surface area contributed by atoms with Gasteiger partial charge in [-0.3, -0.25) is 4.79 Å². The first kappa shape index (κ1) is 13.8. The summed E-state index contributed by atoms with van der Waals surface area (Å²) in [6.07, 6.45) is 0. The van der Waals surface area contributed by atoms with Gasteiger partial charge in [-0.1, -0.05) is 23.1 Å². The SMILES string of the molecule is Cc1nnc(SCC(=O)Nc2ccc(O)c(C)c2)s1. The molecule has 0 aliphatic carbocycles. The summed E-state index contributed by atoms with van der Waals surface area (Å²) >= 11 is 2.83. The molecule has 1 aromatic heterocycles. The lowest BCUT2D eigenvalue weighted by Gasteiger charge is -2.06. The Labute approximate surface area is 119 Å². The second-order valence-corrected chi connectivity index (χ2v) is 6.33. The van der Waals surface area contributed by atoms with Crippen molar-refractivity contribution in [2.45, 2.75) is 18.2 Å². The lowest BCUT2D eigenvalue weighted by molar-refractivity contribution is -0.113. The largest absolute Gasteiger partial charge is 0.508 e. The second kappa shape index (κ2) is 6.03. The Morgan fingerprint density at radius 2 is 2.21 bits per heavy atom. The number of hydrogen-bond donors (Lipinski definition) is 2. The number of thioether (sulfide) groups is 1. The highest BCUT2D eigenvalue weighted by Gasteiger charge is 2.07. The predicted molar refractivity (Wildman–Crippen MR) is 76.8 cm³/mol. The van der Waals surface area contributed by atoms with Gasteiger partial charge >= 0.3 is 0 Å². The molecule has 2 aromatic rings. The highest BCUT2D eigenvalue weighted by Crippen LogP contribution is 2.23. The summed E-state index contributed by atoms with van der Waals surface area (Å²) in [5, 5.41) is 20.9. The Morgan fingerprint density at radius 1 is 1.42 bits per heavy atom. The van der Waals surface area contributed by atoms with Crippen LogP contribution in [0.15, 0.2) is 22.5 Å². The average molecular weight is 295 g/mol. The maximum Gasteiger partial charge on any atom is 0.234 e. The van der Waals surface area contributed by atoms with Gasteiger partial charge in [0.15, 0.2) is 4.34 Å². The van der Waals surface area contributed by atoms with E-state index in [4.69, 9.17) is 0 Å². The number of amides is 1. The molecule has 0 radical (unpaired) electrons. The van der Waals surface area contributed by atoms with Crippen LogP contribution >= 0.6 is 23.1 Å². The Balaban J connectivity index is 1.88. The number of nitrogens with one attached hydrogen (secondary N) is 1. The molecule has 0 aliphatic rings. The molecule has 1 aromatic carbocycles. The molecule has 0 fully saturated rings. The first-order chi connectivity index (χ1) is 9.04. The molecule has 2 rings (SSSR count). The van der Waals surface area contributed by atoms with Gasteiger partial charge in [0.1, 0.15) is 10.8 Å². The van der Waals surface area contributed by atoms with Gasteiger partial charge in [-0.05, 0) is 37.6 Å². The molecular weight excluding hydrogens is 282 g/mol. The molecule has 0 spiro atoms. The van der Waals surface area contributed by atoms with Crippen molar-refractivity contribution in [3.8, 4) is 5.75 Å². The lowest BCUT2D eigenvalue weighted by Crippen LogP contribution is -2.13. The molecular formula is C12H13N3O2S2. The van der Waals surface area contributed by atoms with Crippen molar-refractivity contribution in [3.63, 3.8) is 0 Å². The van der Waals surface area contributed by atoms with E-state index in [1.165, 1.54) is 23.1 Å². The van der Waals surface area contributed by atoms with E-state index < -0.39 is 0 Å². The quantitative estimate of drug-likeness (QED) is 0.670. The van der Waals surface area contributed by atoms with Crippen LogP contribution < -0.4 is 5.32 Å². The summed E-state index contributed by atoms with van der Waals surface area (Å²) < 4.78 is 0.787. The Morgan fingerprint density at radius 3 is 2.84 bits per heavy atom. The molecule has 0 saturated carbocycles. The van der Waals surface area contributed by atoms with Crippen molar-refractivity contribution < 1.29 is 9.90 Å². The highest BCUT2D eigenvalue weighted by molar-refractivity contribution is 8.01. The van der Waals surface area contributed by atoms with Crippen LogP contribution in [-0.4, -0.2) is 27.0 Å². The van der Waals surface area contributed by atoms with Crippen LogP contribution in [-0.2, 0) is 4.79 Å². The molecule has 5 nitrogen and oxygen atoms in total. The zero-order chi connectivity index (χ0) is 13.8. The van der Waals surface area contributed by atoms with Crippen molar-refractivity contribution in [3.05, 3.63) is 28.8 Å². The Hall–Kier alpha value is -1.60. The third kappa shape index (κ3) is 3.93. The summed E-state index contributed by atoms with van der Waals surface area (Å²) in [7, 11) is 0. The minimum absolute atomic E-state index is 0.108. The zero-order valence-corrected chi connectivity index (χ0v) is 12.1. The van der Waals surface area contributed by atoms with Crippen LogP contribution in [0.25, 0.3) is 0 Å². The molecule has 0 bridgehead atoms. The molecule has 0 atom stereocenters. The number of phenolic OH excluding ortho intramolecular Hbond substituents is 1. The van der Waals surface area contributed by atoms with E-state index in [9.17, 15) is 9.90 Å². The van der Waals surface area contributed by atoms with Crippen molar-refractivity contribution in [2.24, 2.45) is 0 Å². The molecule has 0 unspecified atom stereocenters. The molecule has 2 N–H and O–H groups in total. The number of rotatable bonds is 4. The van der Waals surface area contributed by atoms with Crippen molar-refractivity contribution in [1.82, 2.24) is 10.2 Å². The number of aromatic hydroxyl groups is 1. The van der Waals surface area contributed by atoms with Gasteiger partial charge in [-0.25, -0.2) is 0 Å². The number of aromatic nitrogens is 2. The lowest BCUT2D eigenvalue weighted by atomic mass is 10.2. The molecule has 100 valence electrons. The van der Waals surface area contributed by atoms with E-state index >= 15 is 0 Å².